The molecule has 1 aromatic carbocycles. The van der Waals surface area contributed by atoms with Gasteiger partial charge in [0.1, 0.15) is 5.52 Å². The van der Waals surface area contributed by atoms with Crippen molar-refractivity contribution in [1.82, 2.24) is 34.7 Å². The molecule has 2 N–H and O–H groups in total. The molecular weight excluding hydrogens is 496 g/mol. The lowest BCUT2D eigenvalue weighted by Crippen LogP contribution is -2.48. The molecule has 0 spiro atoms. The molecule has 11 heteroatoms. The zero-order valence-corrected chi connectivity index (χ0v) is 21.5. The molecule has 1 saturated heterocycles. The molecule has 0 radical (unpaired) electrons. The van der Waals surface area contributed by atoms with E-state index in [4.69, 9.17) is 9.72 Å². The summed E-state index contributed by atoms with van der Waals surface area (Å²) in [6, 6.07) is 9.78. The Labute approximate surface area is 227 Å². The van der Waals surface area contributed by atoms with Crippen LogP contribution in [0.5, 0.6) is 0 Å². The molecule has 4 aromatic rings. The van der Waals surface area contributed by atoms with Gasteiger partial charge in [0.15, 0.2) is 5.82 Å². The molecule has 1 aliphatic heterocycles. The summed E-state index contributed by atoms with van der Waals surface area (Å²) in [6.07, 6.45) is 5.19. The number of nitrogens with zero attached hydrogens (tertiary/aromatic N) is 6. The van der Waals surface area contributed by atoms with Gasteiger partial charge in [-0.15, -0.1) is 0 Å². The zero-order chi connectivity index (χ0) is 26.5. The number of piperazine rings is 1. The zero-order valence-electron chi connectivity index (χ0n) is 21.5. The number of H-pyrrole nitrogens is 1. The van der Waals surface area contributed by atoms with Crippen molar-refractivity contribution in [3.05, 3.63) is 54.6 Å². The van der Waals surface area contributed by atoms with Crippen molar-refractivity contribution in [2.45, 2.75) is 34.2 Å². The number of fused-ring (bicyclic) bond motifs is 1. The van der Waals surface area contributed by atoms with Gasteiger partial charge in [0.05, 0.1) is 17.8 Å². The Morgan fingerprint density at radius 2 is 1.79 bits per heavy atom. The lowest BCUT2D eigenvalue weighted by Gasteiger charge is -2.34. The van der Waals surface area contributed by atoms with Gasteiger partial charge in [0.2, 0.25) is 11.9 Å². The molecular formula is C28H34N8O3. The molecule has 0 unspecified atom stereocenters. The van der Waals surface area contributed by atoms with Crippen molar-refractivity contribution in [1.29, 1.82) is 0 Å². The smallest absolute Gasteiger partial charge is 0.413 e. The van der Waals surface area contributed by atoms with Crippen LogP contribution in [0.3, 0.4) is 0 Å². The Morgan fingerprint density at radius 1 is 1.03 bits per heavy atom. The van der Waals surface area contributed by atoms with Gasteiger partial charge in [0, 0.05) is 68.9 Å². The van der Waals surface area contributed by atoms with Crippen molar-refractivity contribution < 1.29 is 14.3 Å². The first-order valence-electron chi connectivity index (χ1n) is 12.7. The molecule has 3 aromatic heterocycles. The van der Waals surface area contributed by atoms with Crippen molar-refractivity contribution >= 4 is 29.0 Å². The maximum absolute atomic E-state index is 11.9. The SMILES string of the molecule is C.CCOC(=O)Nc1nc2c(-c3ncccn3)cc(-c3ccc(CN4CCN(C(=O)CC)CC4)nc3)cc2[nH]1. The van der Waals surface area contributed by atoms with Gasteiger partial charge in [0.25, 0.3) is 0 Å². The molecule has 0 aliphatic carbocycles. The van der Waals surface area contributed by atoms with Gasteiger partial charge in [-0.1, -0.05) is 20.4 Å². The van der Waals surface area contributed by atoms with Crippen LogP contribution in [0.25, 0.3) is 33.5 Å². The number of hydrogen-bond acceptors (Lipinski definition) is 8. The van der Waals surface area contributed by atoms with Crippen LogP contribution in [-0.2, 0) is 16.1 Å². The van der Waals surface area contributed by atoms with E-state index in [1.807, 2.05) is 42.3 Å². The maximum Gasteiger partial charge on any atom is 0.413 e. The molecule has 1 aliphatic rings. The Morgan fingerprint density at radius 3 is 2.46 bits per heavy atom. The fourth-order valence-electron chi connectivity index (χ4n) is 4.51. The fraction of sp³-hybridized carbons (Fsp3) is 0.357. The van der Waals surface area contributed by atoms with E-state index >= 15 is 0 Å². The monoisotopic (exact) mass is 530 g/mol. The topological polar surface area (TPSA) is 129 Å². The summed E-state index contributed by atoms with van der Waals surface area (Å²) in [5.74, 6) is 1.02. The lowest BCUT2D eigenvalue weighted by molar-refractivity contribution is -0.132. The van der Waals surface area contributed by atoms with E-state index in [-0.39, 0.29) is 25.9 Å². The number of ether oxygens (including phenoxy) is 1. The Hall–Kier alpha value is -4.38. The second kappa shape index (κ2) is 12.4. The van der Waals surface area contributed by atoms with Gasteiger partial charge in [-0.25, -0.2) is 19.7 Å². The van der Waals surface area contributed by atoms with Gasteiger partial charge in [-0.05, 0) is 36.8 Å². The predicted molar refractivity (Wildman–Crippen MR) is 150 cm³/mol. The summed E-state index contributed by atoms with van der Waals surface area (Å²) in [4.78, 5) is 49.3. The van der Waals surface area contributed by atoms with E-state index in [9.17, 15) is 9.59 Å². The van der Waals surface area contributed by atoms with Crippen LogP contribution in [0.4, 0.5) is 10.7 Å². The van der Waals surface area contributed by atoms with Crippen molar-refractivity contribution in [2.75, 3.05) is 38.1 Å². The number of rotatable bonds is 7. The lowest BCUT2D eigenvalue weighted by atomic mass is 10.0. The minimum atomic E-state index is -0.581. The minimum absolute atomic E-state index is 0. The number of aromatic amines is 1. The molecule has 0 atom stereocenters. The summed E-state index contributed by atoms with van der Waals surface area (Å²) in [6.45, 7) is 7.84. The van der Waals surface area contributed by atoms with Gasteiger partial charge < -0.3 is 14.6 Å². The summed E-state index contributed by atoms with van der Waals surface area (Å²) in [5, 5.41) is 2.62. The molecule has 0 saturated carbocycles. The van der Waals surface area contributed by atoms with Crippen molar-refractivity contribution in [3.63, 3.8) is 0 Å². The van der Waals surface area contributed by atoms with E-state index in [1.54, 1.807) is 25.4 Å². The number of hydrogen-bond donors (Lipinski definition) is 2. The van der Waals surface area contributed by atoms with E-state index in [2.05, 4.69) is 30.2 Å². The highest BCUT2D eigenvalue weighted by atomic mass is 16.5. The molecule has 1 fully saturated rings. The second-order valence-electron chi connectivity index (χ2n) is 8.97. The number of aromatic nitrogens is 5. The van der Waals surface area contributed by atoms with Gasteiger partial charge >= 0.3 is 6.09 Å². The van der Waals surface area contributed by atoms with Crippen LogP contribution >= 0.6 is 0 Å². The maximum atomic E-state index is 11.9. The first-order valence-corrected chi connectivity index (χ1v) is 12.7. The van der Waals surface area contributed by atoms with Crippen LogP contribution < -0.4 is 5.32 Å². The number of carbonyl (C=O) groups excluding carboxylic acids is 2. The highest BCUT2D eigenvalue weighted by Crippen LogP contribution is 2.32. The highest BCUT2D eigenvalue weighted by Gasteiger charge is 2.20. The van der Waals surface area contributed by atoms with Crippen molar-refractivity contribution in [2.24, 2.45) is 0 Å². The Bertz CT molecular complexity index is 1410. The number of imidazole rings is 1. The normalized spacial score (nSPS) is 13.6. The molecule has 204 valence electrons. The molecule has 4 heterocycles. The van der Waals surface area contributed by atoms with E-state index in [0.717, 1.165) is 60.6 Å². The Kier molecular flexibility index (Phi) is 8.82. The number of pyridine rings is 1. The average Bonchev–Trinajstić information content (AvgIpc) is 3.35. The van der Waals surface area contributed by atoms with E-state index in [1.165, 1.54) is 0 Å². The highest BCUT2D eigenvalue weighted by molar-refractivity contribution is 5.96. The molecule has 2 amide bonds. The quantitative estimate of drug-likeness (QED) is 0.361. The number of carbonyl (C=O) groups is 2. The first kappa shape index (κ1) is 27.6. The number of nitrogens with one attached hydrogen (secondary N) is 2. The summed E-state index contributed by atoms with van der Waals surface area (Å²) in [5.41, 5.74) is 4.91. The average molecular weight is 531 g/mol. The summed E-state index contributed by atoms with van der Waals surface area (Å²) in [7, 11) is 0. The van der Waals surface area contributed by atoms with Crippen LogP contribution in [-0.4, -0.2) is 79.5 Å². The first-order chi connectivity index (χ1) is 18.5. The minimum Gasteiger partial charge on any atom is -0.450 e. The fourth-order valence-corrected chi connectivity index (χ4v) is 4.51. The number of amides is 2. The summed E-state index contributed by atoms with van der Waals surface area (Å²) >= 11 is 0. The van der Waals surface area contributed by atoms with Crippen LogP contribution in [0.1, 0.15) is 33.4 Å². The standard InChI is InChI=1S/C27H30N8O3.CH4/c1-3-23(36)35-12-10-34(11-13-35)17-20-7-6-18(16-30-20)19-14-21(25-28-8-5-9-29-25)24-22(15-19)31-26(32-24)33-27(37)38-4-2;/h5-9,14-16H,3-4,10-13,17H2,1-2H3,(H2,31,32,33,37);1H4. The van der Waals surface area contributed by atoms with Crippen LogP contribution in [0.2, 0.25) is 0 Å². The third-order valence-corrected chi connectivity index (χ3v) is 6.46. The third kappa shape index (κ3) is 6.37. The number of benzene rings is 1. The molecule has 0 bridgehead atoms. The third-order valence-electron chi connectivity index (χ3n) is 6.46. The predicted octanol–water partition coefficient (Wildman–Crippen LogP) is 4.34. The largest absolute Gasteiger partial charge is 0.450 e. The molecule has 39 heavy (non-hydrogen) atoms. The van der Waals surface area contributed by atoms with Crippen LogP contribution in [0.15, 0.2) is 48.9 Å². The molecule has 5 rings (SSSR count). The second-order valence-corrected chi connectivity index (χ2v) is 8.97. The Balaban J connectivity index is 0.00000353. The van der Waals surface area contributed by atoms with E-state index < -0.39 is 6.09 Å². The van der Waals surface area contributed by atoms with Gasteiger partial charge in [-0.3, -0.25) is 20.0 Å². The van der Waals surface area contributed by atoms with E-state index in [0.29, 0.717) is 17.8 Å². The summed E-state index contributed by atoms with van der Waals surface area (Å²) < 4.78 is 4.97. The van der Waals surface area contributed by atoms with Gasteiger partial charge in [-0.2, -0.15) is 0 Å². The van der Waals surface area contributed by atoms with Crippen molar-refractivity contribution in [3.8, 4) is 22.5 Å². The molecule has 11 nitrogen and oxygen atoms in total. The van der Waals surface area contributed by atoms with Crippen LogP contribution in [0, 0.1) is 0 Å². The number of anilines is 1.